The highest BCUT2D eigenvalue weighted by Gasteiger charge is 2.40. The maximum atomic E-state index is 12.6. The average Bonchev–Trinajstić information content (AvgIpc) is 2.54. The highest BCUT2D eigenvalue weighted by Crippen LogP contribution is 2.42. The summed E-state index contributed by atoms with van der Waals surface area (Å²) in [7, 11) is 1.34. The molecule has 24 heavy (non-hydrogen) atoms. The minimum absolute atomic E-state index is 0. The molecule has 132 valence electrons. The first-order chi connectivity index (χ1) is 11.1. The predicted octanol–water partition coefficient (Wildman–Crippen LogP) is 2.99. The number of rotatable bonds is 3. The van der Waals surface area contributed by atoms with Crippen molar-refractivity contribution in [3.8, 4) is 0 Å². The standard InChI is InChI=1S/C18H24N2O3.ClH/c1-23-18(22)13-6-3-7-15(10-13)20-17(21)14-8-11-4-2-5-12(9-14)16(11)19;/h3,6-7,10-12,14,16H,2,4-5,8-9,19H2,1H3,(H,20,21);1H. The summed E-state index contributed by atoms with van der Waals surface area (Å²) in [5.74, 6) is 0.598. The zero-order chi connectivity index (χ0) is 16.4. The van der Waals surface area contributed by atoms with Crippen LogP contribution in [0.3, 0.4) is 0 Å². The number of carbonyl (C=O) groups is 2. The monoisotopic (exact) mass is 352 g/mol. The van der Waals surface area contributed by atoms with Gasteiger partial charge >= 0.3 is 5.97 Å². The third-order valence-electron chi connectivity index (χ3n) is 5.34. The van der Waals surface area contributed by atoms with Gasteiger partial charge in [0.05, 0.1) is 12.7 Å². The molecule has 3 rings (SSSR count). The molecule has 2 atom stereocenters. The number of anilines is 1. The topological polar surface area (TPSA) is 81.4 Å². The number of fused-ring (bicyclic) bond motifs is 2. The fourth-order valence-electron chi connectivity index (χ4n) is 4.09. The Bertz CT molecular complexity index is 594. The van der Waals surface area contributed by atoms with Crippen molar-refractivity contribution in [2.45, 2.75) is 38.1 Å². The second-order valence-electron chi connectivity index (χ2n) is 6.76. The van der Waals surface area contributed by atoms with Crippen molar-refractivity contribution < 1.29 is 14.3 Å². The lowest BCUT2D eigenvalue weighted by Gasteiger charge is -2.43. The van der Waals surface area contributed by atoms with Crippen LogP contribution in [0.1, 0.15) is 42.5 Å². The Morgan fingerprint density at radius 2 is 1.88 bits per heavy atom. The molecule has 5 nitrogen and oxygen atoms in total. The van der Waals surface area contributed by atoms with Gasteiger partial charge in [-0.3, -0.25) is 4.79 Å². The number of nitrogens with one attached hydrogen (secondary N) is 1. The minimum atomic E-state index is -0.403. The molecule has 1 amide bonds. The Kier molecular flexibility index (Phi) is 6.24. The molecule has 0 aromatic heterocycles. The van der Waals surface area contributed by atoms with E-state index in [-0.39, 0.29) is 30.3 Å². The molecule has 0 aliphatic heterocycles. The molecule has 6 heteroatoms. The van der Waals surface area contributed by atoms with Crippen LogP contribution in [-0.4, -0.2) is 25.0 Å². The van der Waals surface area contributed by atoms with Gasteiger partial charge < -0.3 is 15.8 Å². The third kappa shape index (κ3) is 3.90. The van der Waals surface area contributed by atoms with Crippen LogP contribution in [-0.2, 0) is 9.53 Å². The second kappa shape index (κ2) is 7.99. The Morgan fingerprint density at radius 1 is 1.21 bits per heavy atom. The Balaban J connectivity index is 0.00000208. The number of esters is 1. The molecule has 0 radical (unpaired) electrons. The first-order valence-electron chi connectivity index (χ1n) is 8.33. The molecule has 0 heterocycles. The molecule has 2 saturated carbocycles. The van der Waals surface area contributed by atoms with Crippen LogP contribution in [0.2, 0.25) is 0 Å². The summed E-state index contributed by atoms with van der Waals surface area (Å²) in [6, 6.07) is 7.12. The molecule has 2 fully saturated rings. The number of nitrogens with two attached hydrogens (primary N) is 1. The number of amides is 1. The zero-order valence-electron chi connectivity index (χ0n) is 13.9. The fourth-order valence-corrected chi connectivity index (χ4v) is 4.09. The van der Waals surface area contributed by atoms with Gasteiger partial charge in [0.15, 0.2) is 0 Å². The molecule has 0 spiro atoms. The normalized spacial score (nSPS) is 28.4. The largest absolute Gasteiger partial charge is 0.465 e. The second-order valence-corrected chi connectivity index (χ2v) is 6.76. The highest BCUT2D eigenvalue weighted by atomic mass is 35.5. The van der Waals surface area contributed by atoms with Crippen molar-refractivity contribution in [1.82, 2.24) is 0 Å². The van der Waals surface area contributed by atoms with Crippen molar-refractivity contribution in [2.24, 2.45) is 23.5 Å². The SMILES string of the molecule is COC(=O)c1cccc(NC(=O)C2CC3CCCC(C2)C3N)c1.Cl. The van der Waals surface area contributed by atoms with Crippen LogP contribution >= 0.6 is 12.4 Å². The van der Waals surface area contributed by atoms with Gasteiger partial charge in [-0.15, -0.1) is 12.4 Å². The molecule has 2 bridgehead atoms. The van der Waals surface area contributed by atoms with Crippen LogP contribution in [0.4, 0.5) is 5.69 Å². The van der Waals surface area contributed by atoms with E-state index in [1.54, 1.807) is 24.3 Å². The van der Waals surface area contributed by atoms with Crippen LogP contribution in [0.15, 0.2) is 24.3 Å². The van der Waals surface area contributed by atoms with Crippen molar-refractivity contribution in [3.63, 3.8) is 0 Å². The van der Waals surface area contributed by atoms with E-state index in [9.17, 15) is 9.59 Å². The Hall–Kier alpha value is -1.59. The fraction of sp³-hybridized carbons (Fsp3) is 0.556. The molecule has 2 unspecified atom stereocenters. The zero-order valence-corrected chi connectivity index (χ0v) is 14.7. The van der Waals surface area contributed by atoms with Gasteiger partial charge in [0.25, 0.3) is 0 Å². The summed E-state index contributed by atoms with van der Waals surface area (Å²) < 4.78 is 4.71. The Morgan fingerprint density at radius 3 is 2.50 bits per heavy atom. The number of hydrogen-bond acceptors (Lipinski definition) is 4. The molecule has 1 aromatic carbocycles. The first kappa shape index (κ1) is 18.7. The summed E-state index contributed by atoms with van der Waals surface area (Å²) in [4.78, 5) is 24.2. The van der Waals surface area contributed by atoms with Gasteiger partial charge in [0.1, 0.15) is 0 Å². The number of hydrogen-bond donors (Lipinski definition) is 2. The maximum absolute atomic E-state index is 12.6. The van der Waals surface area contributed by atoms with Crippen LogP contribution in [0.5, 0.6) is 0 Å². The lowest BCUT2D eigenvalue weighted by atomic mass is 9.65. The van der Waals surface area contributed by atoms with E-state index >= 15 is 0 Å². The molecular formula is C18H25ClN2O3. The van der Waals surface area contributed by atoms with E-state index in [1.165, 1.54) is 13.5 Å². The van der Waals surface area contributed by atoms with Crippen molar-refractivity contribution in [3.05, 3.63) is 29.8 Å². The van der Waals surface area contributed by atoms with Gasteiger partial charge in [-0.1, -0.05) is 12.5 Å². The van der Waals surface area contributed by atoms with E-state index in [2.05, 4.69) is 5.32 Å². The number of ether oxygens (including phenoxy) is 1. The summed E-state index contributed by atoms with van der Waals surface area (Å²) in [6.07, 6.45) is 5.26. The first-order valence-corrected chi connectivity index (χ1v) is 8.33. The van der Waals surface area contributed by atoms with Crippen molar-refractivity contribution in [1.29, 1.82) is 0 Å². The van der Waals surface area contributed by atoms with E-state index in [0.717, 1.165) is 25.7 Å². The smallest absolute Gasteiger partial charge is 0.337 e. The van der Waals surface area contributed by atoms with Crippen LogP contribution in [0.25, 0.3) is 0 Å². The molecular weight excluding hydrogens is 328 g/mol. The molecule has 0 saturated heterocycles. The van der Waals surface area contributed by atoms with Gasteiger partial charge in [-0.2, -0.15) is 0 Å². The lowest BCUT2D eigenvalue weighted by Crippen LogP contribution is -2.48. The van der Waals surface area contributed by atoms with Gasteiger partial charge in [-0.05, 0) is 55.7 Å². The highest BCUT2D eigenvalue weighted by molar-refractivity contribution is 5.95. The average molecular weight is 353 g/mol. The summed E-state index contributed by atoms with van der Waals surface area (Å²) in [6.45, 7) is 0. The van der Waals surface area contributed by atoms with E-state index in [0.29, 0.717) is 23.1 Å². The number of methoxy groups -OCH3 is 1. The quantitative estimate of drug-likeness (QED) is 0.819. The van der Waals surface area contributed by atoms with Crippen LogP contribution < -0.4 is 11.1 Å². The molecule has 1 aromatic rings. The van der Waals surface area contributed by atoms with E-state index < -0.39 is 5.97 Å². The molecule has 2 aliphatic rings. The number of benzene rings is 1. The molecule has 2 aliphatic carbocycles. The summed E-state index contributed by atoms with van der Waals surface area (Å²) >= 11 is 0. The summed E-state index contributed by atoms with van der Waals surface area (Å²) in [5.41, 5.74) is 7.36. The van der Waals surface area contributed by atoms with Crippen molar-refractivity contribution in [2.75, 3.05) is 12.4 Å². The number of carbonyl (C=O) groups excluding carboxylic acids is 2. The lowest BCUT2D eigenvalue weighted by molar-refractivity contribution is -0.122. The van der Waals surface area contributed by atoms with Gasteiger partial charge in [-0.25, -0.2) is 4.79 Å². The van der Waals surface area contributed by atoms with Crippen LogP contribution in [0, 0.1) is 17.8 Å². The van der Waals surface area contributed by atoms with Gasteiger partial charge in [0.2, 0.25) is 5.91 Å². The van der Waals surface area contributed by atoms with E-state index in [1.807, 2.05) is 0 Å². The third-order valence-corrected chi connectivity index (χ3v) is 5.34. The maximum Gasteiger partial charge on any atom is 0.337 e. The van der Waals surface area contributed by atoms with Gasteiger partial charge in [0, 0.05) is 17.6 Å². The van der Waals surface area contributed by atoms with Crippen molar-refractivity contribution >= 4 is 30.0 Å². The summed E-state index contributed by atoms with van der Waals surface area (Å²) in [5, 5.41) is 2.95. The predicted molar refractivity (Wildman–Crippen MR) is 95.2 cm³/mol. The number of halogens is 1. The van der Waals surface area contributed by atoms with E-state index in [4.69, 9.17) is 10.5 Å². The minimum Gasteiger partial charge on any atom is -0.465 e. The molecule has 3 N–H and O–H groups in total. The Labute approximate surface area is 148 Å².